The summed E-state index contributed by atoms with van der Waals surface area (Å²) in [6.45, 7) is 4.71. The van der Waals surface area contributed by atoms with Crippen molar-refractivity contribution in [2.24, 2.45) is 4.99 Å². The molecule has 22 heavy (non-hydrogen) atoms. The number of nitrogens with one attached hydrogen (secondary N) is 1. The maximum Gasteiger partial charge on any atom is 0.293 e. The molecular formula is C13H13ClN4O2S2. The van der Waals surface area contributed by atoms with Crippen LogP contribution in [0.25, 0.3) is 0 Å². The van der Waals surface area contributed by atoms with Crippen LogP contribution in [0.15, 0.2) is 35.8 Å². The van der Waals surface area contributed by atoms with Gasteiger partial charge in [0.15, 0.2) is 10.3 Å². The fraction of sp³-hybridized carbons (Fsp3) is 0.231. The van der Waals surface area contributed by atoms with Gasteiger partial charge in [-0.05, 0) is 24.4 Å². The van der Waals surface area contributed by atoms with Gasteiger partial charge in [0.2, 0.25) is 0 Å². The van der Waals surface area contributed by atoms with Crippen molar-refractivity contribution >= 4 is 57.2 Å². The highest BCUT2D eigenvalue weighted by atomic mass is 35.5. The van der Waals surface area contributed by atoms with Crippen LogP contribution in [0.2, 0.25) is 5.02 Å². The second kappa shape index (κ2) is 7.57. The Bertz CT molecular complexity index is 651. The van der Waals surface area contributed by atoms with E-state index in [2.05, 4.69) is 16.9 Å². The van der Waals surface area contributed by atoms with E-state index in [0.29, 0.717) is 34.1 Å². The zero-order valence-corrected chi connectivity index (χ0v) is 13.9. The Kier molecular flexibility index (Phi) is 5.76. The van der Waals surface area contributed by atoms with Gasteiger partial charge in [-0.2, -0.15) is 4.99 Å². The van der Waals surface area contributed by atoms with Gasteiger partial charge in [-0.15, -0.1) is 6.58 Å². The average Bonchev–Trinajstić information content (AvgIpc) is 2.92. The van der Waals surface area contributed by atoms with Gasteiger partial charge in [0.25, 0.3) is 5.69 Å². The fourth-order valence-electron chi connectivity index (χ4n) is 1.87. The minimum Gasteiger partial charge on any atom is -0.357 e. The quantitative estimate of drug-likeness (QED) is 0.386. The molecule has 0 spiro atoms. The molecule has 1 fully saturated rings. The molecule has 0 aliphatic carbocycles. The molecule has 0 aromatic heterocycles. The van der Waals surface area contributed by atoms with Crippen LogP contribution in [0.5, 0.6) is 0 Å². The van der Waals surface area contributed by atoms with E-state index >= 15 is 0 Å². The number of hydrogen-bond acceptors (Lipinski definition) is 4. The normalized spacial score (nSPS) is 15.9. The van der Waals surface area contributed by atoms with Crippen molar-refractivity contribution in [2.75, 3.05) is 23.7 Å². The van der Waals surface area contributed by atoms with Crippen molar-refractivity contribution in [1.82, 2.24) is 5.32 Å². The molecule has 2 rings (SSSR count). The molecule has 0 bridgehead atoms. The lowest BCUT2D eigenvalue weighted by Crippen LogP contribution is -2.28. The average molecular weight is 357 g/mol. The first-order valence-corrected chi connectivity index (χ1v) is 8.12. The molecule has 1 aromatic carbocycles. The Morgan fingerprint density at radius 1 is 1.68 bits per heavy atom. The van der Waals surface area contributed by atoms with E-state index in [4.69, 9.17) is 23.8 Å². The van der Waals surface area contributed by atoms with E-state index in [0.717, 1.165) is 5.75 Å². The van der Waals surface area contributed by atoms with E-state index in [-0.39, 0.29) is 5.69 Å². The lowest BCUT2D eigenvalue weighted by molar-refractivity contribution is -0.384. The van der Waals surface area contributed by atoms with E-state index < -0.39 is 4.92 Å². The number of nitro groups is 1. The maximum absolute atomic E-state index is 11.2. The molecule has 9 heteroatoms. The smallest absolute Gasteiger partial charge is 0.293 e. The van der Waals surface area contributed by atoms with Crippen LogP contribution in [-0.2, 0) is 0 Å². The van der Waals surface area contributed by atoms with Crippen molar-refractivity contribution in [3.05, 3.63) is 46.0 Å². The maximum atomic E-state index is 11.2. The molecule has 1 saturated heterocycles. The standard InChI is InChI=1S/C13H13ClN4O2S2/c1-2-5-15-12(21)16-13-17(6-7-22-13)11-8-9(14)3-4-10(11)18(19)20/h2-4,8H,1,5-7H2,(H,15,21). The summed E-state index contributed by atoms with van der Waals surface area (Å²) in [5.74, 6) is 0.770. The number of rotatable bonds is 4. The van der Waals surface area contributed by atoms with Crippen LogP contribution in [0, 0.1) is 10.1 Å². The number of nitro benzene ring substituents is 1. The van der Waals surface area contributed by atoms with Crippen LogP contribution in [-0.4, -0.2) is 34.0 Å². The highest BCUT2D eigenvalue weighted by Crippen LogP contribution is 2.35. The highest BCUT2D eigenvalue weighted by Gasteiger charge is 2.28. The lowest BCUT2D eigenvalue weighted by atomic mass is 10.2. The number of aliphatic imine (C=N–C) groups is 1. The number of thioether (sulfide) groups is 1. The van der Waals surface area contributed by atoms with Gasteiger partial charge < -0.3 is 10.2 Å². The molecule has 0 atom stereocenters. The minimum atomic E-state index is -0.430. The SMILES string of the molecule is C=CCNC(=S)N=C1SCCN1c1cc(Cl)ccc1[N+](=O)[O-]. The van der Waals surface area contributed by atoms with Crippen LogP contribution >= 0.6 is 35.6 Å². The third kappa shape index (κ3) is 3.96. The molecule has 1 N–H and O–H groups in total. The Morgan fingerprint density at radius 2 is 2.45 bits per heavy atom. The van der Waals surface area contributed by atoms with Crippen molar-refractivity contribution in [3.8, 4) is 0 Å². The van der Waals surface area contributed by atoms with Gasteiger partial charge in [0.1, 0.15) is 5.69 Å². The fourth-order valence-corrected chi connectivity index (χ4v) is 3.22. The van der Waals surface area contributed by atoms with Crippen molar-refractivity contribution in [3.63, 3.8) is 0 Å². The molecule has 0 radical (unpaired) electrons. The van der Waals surface area contributed by atoms with Gasteiger partial charge in [-0.1, -0.05) is 29.4 Å². The third-order valence-corrected chi connectivity index (χ3v) is 4.22. The molecule has 0 amide bonds. The molecule has 1 aromatic rings. The topological polar surface area (TPSA) is 70.8 Å². The van der Waals surface area contributed by atoms with E-state index in [1.54, 1.807) is 17.0 Å². The number of nitrogens with zero attached hydrogens (tertiary/aromatic N) is 3. The highest BCUT2D eigenvalue weighted by molar-refractivity contribution is 8.14. The first kappa shape index (κ1) is 16.7. The predicted octanol–water partition coefficient (Wildman–Crippen LogP) is 3.22. The molecule has 0 unspecified atom stereocenters. The van der Waals surface area contributed by atoms with E-state index in [9.17, 15) is 10.1 Å². The first-order valence-electron chi connectivity index (χ1n) is 6.34. The predicted molar refractivity (Wildman–Crippen MR) is 96.1 cm³/mol. The molecule has 1 aliphatic heterocycles. The summed E-state index contributed by atoms with van der Waals surface area (Å²) < 4.78 is 0. The summed E-state index contributed by atoms with van der Waals surface area (Å²) in [5, 5.41) is 15.5. The Morgan fingerprint density at radius 3 is 3.14 bits per heavy atom. The first-order chi connectivity index (χ1) is 10.5. The molecular weight excluding hydrogens is 344 g/mol. The van der Waals surface area contributed by atoms with Crippen molar-refractivity contribution < 1.29 is 4.92 Å². The second-order valence-electron chi connectivity index (χ2n) is 4.26. The van der Waals surface area contributed by atoms with Crippen LogP contribution in [0.4, 0.5) is 11.4 Å². The molecule has 1 aliphatic rings. The summed E-state index contributed by atoms with van der Waals surface area (Å²) in [7, 11) is 0. The summed E-state index contributed by atoms with van der Waals surface area (Å²) in [6.07, 6.45) is 1.67. The summed E-state index contributed by atoms with van der Waals surface area (Å²) in [4.78, 5) is 16.8. The number of halogens is 1. The number of benzene rings is 1. The zero-order chi connectivity index (χ0) is 16.1. The van der Waals surface area contributed by atoms with Crippen LogP contribution < -0.4 is 10.2 Å². The number of amidine groups is 1. The van der Waals surface area contributed by atoms with Gasteiger partial charge in [-0.25, -0.2) is 0 Å². The number of anilines is 1. The minimum absolute atomic E-state index is 0.00966. The summed E-state index contributed by atoms with van der Waals surface area (Å²) in [5.41, 5.74) is 0.414. The van der Waals surface area contributed by atoms with Crippen LogP contribution in [0.1, 0.15) is 0 Å². The van der Waals surface area contributed by atoms with Crippen molar-refractivity contribution in [1.29, 1.82) is 0 Å². The molecule has 1 heterocycles. The molecule has 116 valence electrons. The van der Waals surface area contributed by atoms with Gasteiger partial charge in [0, 0.05) is 29.9 Å². The zero-order valence-electron chi connectivity index (χ0n) is 11.5. The monoisotopic (exact) mass is 356 g/mol. The van der Waals surface area contributed by atoms with E-state index in [1.165, 1.54) is 23.9 Å². The molecule has 6 nitrogen and oxygen atoms in total. The van der Waals surface area contributed by atoms with Crippen LogP contribution in [0.3, 0.4) is 0 Å². The Labute approximate surface area is 142 Å². The van der Waals surface area contributed by atoms with E-state index in [1.807, 2.05) is 0 Å². The number of hydrogen-bond donors (Lipinski definition) is 1. The van der Waals surface area contributed by atoms with Gasteiger partial charge in [-0.3, -0.25) is 10.1 Å². The summed E-state index contributed by atoms with van der Waals surface area (Å²) in [6, 6.07) is 4.47. The van der Waals surface area contributed by atoms with Gasteiger partial charge in [0.05, 0.1) is 4.92 Å². The van der Waals surface area contributed by atoms with Crippen molar-refractivity contribution in [2.45, 2.75) is 0 Å². The second-order valence-corrected chi connectivity index (χ2v) is 6.14. The Hall–Kier alpha value is -1.64. The Balaban J connectivity index is 2.33. The third-order valence-electron chi connectivity index (χ3n) is 2.80. The molecule has 0 saturated carbocycles. The lowest BCUT2D eigenvalue weighted by Gasteiger charge is -2.18. The largest absolute Gasteiger partial charge is 0.357 e. The summed E-state index contributed by atoms with van der Waals surface area (Å²) >= 11 is 12.6. The van der Waals surface area contributed by atoms with Gasteiger partial charge >= 0.3 is 0 Å². The number of thiocarbonyl (C=S) groups is 1.